The van der Waals surface area contributed by atoms with E-state index >= 15 is 0 Å². The quantitative estimate of drug-likeness (QED) is 0.835. The summed E-state index contributed by atoms with van der Waals surface area (Å²) in [5, 5.41) is 9.24. The van der Waals surface area contributed by atoms with E-state index in [1.807, 2.05) is 30.3 Å². The van der Waals surface area contributed by atoms with E-state index in [4.69, 9.17) is 27.9 Å². The van der Waals surface area contributed by atoms with Crippen LogP contribution in [0.2, 0.25) is 10.0 Å². The summed E-state index contributed by atoms with van der Waals surface area (Å²) in [7, 11) is -2.34. The van der Waals surface area contributed by atoms with Crippen LogP contribution < -0.4 is 4.74 Å². The second kappa shape index (κ2) is 7.13. The van der Waals surface area contributed by atoms with Crippen molar-refractivity contribution in [3.8, 4) is 5.75 Å². The molecule has 5 nitrogen and oxygen atoms in total. The minimum atomic E-state index is -3.84. The first-order valence-electron chi connectivity index (χ1n) is 7.63. The summed E-state index contributed by atoms with van der Waals surface area (Å²) >= 11 is 12.4. The molecule has 0 aliphatic carbocycles. The van der Waals surface area contributed by atoms with Crippen LogP contribution in [0.25, 0.3) is 0 Å². The van der Waals surface area contributed by atoms with Crippen LogP contribution >= 0.6 is 23.2 Å². The van der Waals surface area contributed by atoms with Gasteiger partial charge in [0.2, 0.25) is 10.0 Å². The first kappa shape index (κ1) is 18.5. The molecule has 0 saturated carbocycles. The summed E-state index contributed by atoms with van der Waals surface area (Å²) in [4.78, 5) is -0.0569. The van der Waals surface area contributed by atoms with Crippen LogP contribution in [0.15, 0.2) is 41.3 Å². The number of aliphatic hydroxyl groups excluding tert-OH is 1. The van der Waals surface area contributed by atoms with Gasteiger partial charge in [0.25, 0.3) is 0 Å². The minimum absolute atomic E-state index is 0.0569. The normalized spacial score (nSPS) is 16.8. The van der Waals surface area contributed by atoms with Crippen molar-refractivity contribution in [2.75, 3.05) is 13.7 Å². The van der Waals surface area contributed by atoms with Gasteiger partial charge in [0.05, 0.1) is 11.6 Å². The van der Waals surface area contributed by atoms with Gasteiger partial charge in [0, 0.05) is 25.6 Å². The van der Waals surface area contributed by atoms with E-state index in [0.717, 1.165) is 5.56 Å². The number of fused-ring (bicyclic) bond motifs is 1. The lowest BCUT2D eigenvalue weighted by Gasteiger charge is -2.19. The summed E-state index contributed by atoms with van der Waals surface area (Å²) in [6.07, 6.45) is -0.0586. The minimum Gasteiger partial charge on any atom is -0.486 e. The van der Waals surface area contributed by atoms with Crippen molar-refractivity contribution in [1.29, 1.82) is 0 Å². The van der Waals surface area contributed by atoms with Gasteiger partial charge >= 0.3 is 0 Å². The lowest BCUT2D eigenvalue weighted by atomic mass is 10.1. The monoisotopic (exact) mass is 401 g/mol. The molecule has 0 bridgehead atoms. The third-order valence-electron chi connectivity index (χ3n) is 4.08. The zero-order chi connectivity index (χ0) is 18.2. The van der Waals surface area contributed by atoms with E-state index in [0.29, 0.717) is 17.7 Å². The fourth-order valence-corrected chi connectivity index (χ4v) is 4.78. The molecule has 0 aromatic heterocycles. The second-order valence-corrected chi connectivity index (χ2v) is 8.63. The molecule has 2 aromatic rings. The molecule has 2 aromatic carbocycles. The zero-order valence-electron chi connectivity index (χ0n) is 13.4. The van der Waals surface area contributed by atoms with Crippen LogP contribution in [0.5, 0.6) is 5.75 Å². The van der Waals surface area contributed by atoms with Crippen LogP contribution in [0, 0.1) is 0 Å². The van der Waals surface area contributed by atoms with E-state index in [-0.39, 0.29) is 28.1 Å². The van der Waals surface area contributed by atoms with Gasteiger partial charge in [-0.15, -0.1) is 0 Å². The summed E-state index contributed by atoms with van der Waals surface area (Å²) in [5.74, 6) is 0.343. The van der Waals surface area contributed by atoms with Gasteiger partial charge < -0.3 is 9.84 Å². The van der Waals surface area contributed by atoms with E-state index in [9.17, 15) is 13.5 Å². The number of ether oxygens (including phenoxy) is 1. The van der Waals surface area contributed by atoms with Gasteiger partial charge in [-0.25, -0.2) is 8.42 Å². The number of nitrogens with zero attached hydrogens (tertiary/aromatic N) is 1. The summed E-state index contributed by atoms with van der Waals surface area (Å²) in [5.41, 5.74) is 1.49. The average molecular weight is 402 g/mol. The van der Waals surface area contributed by atoms with Gasteiger partial charge in [0.1, 0.15) is 21.8 Å². The molecule has 1 aliphatic heterocycles. The number of benzene rings is 2. The Kier molecular flexibility index (Phi) is 5.27. The largest absolute Gasteiger partial charge is 0.486 e. The van der Waals surface area contributed by atoms with E-state index in [2.05, 4.69) is 0 Å². The predicted molar refractivity (Wildman–Crippen MR) is 96.8 cm³/mol. The number of rotatable bonds is 5. The van der Waals surface area contributed by atoms with Crippen molar-refractivity contribution in [3.05, 3.63) is 57.6 Å². The van der Waals surface area contributed by atoms with E-state index < -0.39 is 16.1 Å². The van der Waals surface area contributed by atoms with Crippen molar-refractivity contribution in [3.63, 3.8) is 0 Å². The molecular weight excluding hydrogens is 385 g/mol. The highest BCUT2D eigenvalue weighted by Gasteiger charge is 2.32. The molecular formula is C17H17Cl2NO4S. The Hall–Kier alpha value is -1.31. The van der Waals surface area contributed by atoms with Gasteiger partial charge in [0.15, 0.2) is 0 Å². The SMILES string of the molecule is CN(Cc1ccccc1)S(=O)(=O)c1cc2c(c(Cl)c1Cl)OC(CO)C2. The standard InChI is InChI=1S/C17H17Cl2NO4S/c1-20(9-11-5-3-2-4-6-11)25(22,23)14-8-12-7-13(10-21)24-17(12)16(19)15(14)18/h2-6,8,13,21H,7,9-10H2,1H3. The second-order valence-electron chi connectivity index (χ2n) is 5.86. The molecule has 0 radical (unpaired) electrons. The van der Waals surface area contributed by atoms with Crippen molar-refractivity contribution in [2.24, 2.45) is 0 Å². The Bertz CT molecular complexity index is 887. The number of aliphatic hydroxyl groups is 1. The lowest BCUT2D eigenvalue weighted by molar-refractivity contribution is 0.134. The van der Waals surface area contributed by atoms with Crippen molar-refractivity contribution in [2.45, 2.75) is 24.0 Å². The van der Waals surface area contributed by atoms with Crippen molar-refractivity contribution >= 4 is 33.2 Å². The summed E-state index contributed by atoms with van der Waals surface area (Å²) in [6.45, 7) is 0.0303. The molecule has 1 aliphatic rings. The highest BCUT2D eigenvalue weighted by Crippen LogP contribution is 2.44. The Labute approximate surface area is 156 Å². The van der Waals surface area contributed by atoms with E-state index in [1.165, 1.54) is 17.4 Å². The van der Waals surface area contributed by atoms with Crippen LogP contribution in [0.4, 0.5) is 0 Å². The van der Waals surface area contributed by atoms with E-state index in [1.54, 1.807) is 0 Å². The smallest absolute Gasteiger partial charge is 0.244 e. The maximum absolute atomic E-state index is 13.0. The van der Waals surface area contributed by atoms with Gasteiger partial charge in [-0.2, -0.15) is 4.31 Å². The molecule has 1 N–H and O–H groups in total. The highest BCUT2D eigenvalue weighted by molar-refractivity contribution is 7.89. The van der Waals surface area contributed by atoms with Crippen molar-refractivity contribution in [1.82, 2.24) is 4.31 Å². The maximum atomic E-state index is 13.0. The van der Waals surface area contributed by atoms with Crippen LogP contribution in [-0.4, -0.2) is 37.6 Å². The zero-order valence-corrected chi connectivity index (χ0v) is 15.8. The summed E-state index contributed by atoms with van der Waals surface area (Å²) < 4.78 is 32.7. The third kappa shape index (κ3) is 3.50. The molecule has 25 heavy (non-hydrogen) atoms. The Morgan fingerprint density at radius 1 is 1.24 bits per heavy atom. The fraction of sp³-hybridized carbons (Fsp3) is 0.294. The topological polar surface area (TPSA) is 66.8 Å². The molecule has 1 unspecified atom stereocenters. The predicted octanol–water partition coefficient (Wildman–Crippen LogP) is 3.11. The number of halogens is 2. The van der Waals surface area contributed by atoms with Crippen LogP contribution in [-0.2, 0) is 23.0 Å². The van der Waals surface area contributed by atoms with Crippen LogP contribution in [0.3, 0.4) is 0 Å². The molecule has 8 heteroatoms. The van der Waals surface area contributed by atoms with Crippen LogP contribution in [0.1, 0.15) is 11.1 Å². The Morgan fingerprint density at radius 3 is 2.56 bits per heavy atom. The first-order chi connectivity index (χ1) is 11.8. The number of hydrogen-bond acceptors (Lipinski definition) is 4. The Morgan fingerprint density at radius 2 is 1.92 bits per heavy atom. The van der Waals surface area contributed by atoms with Gasteiger partial charge in [-0.3, -0.25) is 0 Å². The molecule has 1 heterocycles. The highest BCUT2D eigenvalue weighted by atomic mass is 35.5. The number of sulfonamides is 1. The van der Waals surface area contributed by atoms with Gasteiger partial charge in [-0.05, 0) is 11.6 Å². The maximum Gasteiger partial charge on any atom is 0.244 e. The molecule has 3 rings (SSSR count). The first-order valence-corrected chi connectivity index (χ1v) is 9.83. The fourth-order valence-electron chi connectivity index (χ4n) is 2.75. The average Bonchev–Trinajstić information content (AvgIpc) is 3.02. The molecule has 0 amide bonds. The van der Waals surface area contributed by atoms with Gasteiger partial charge in [-0.1, -0.05) is 53.5 Å². The molecule has 0 saturated heterocycles. The molecule has 0 fully saturated rings. The third-order valence-corrected chi connectivity index (χ3v) is 6.87. The lowest BCUT2D eigenvalue weighted by Crippen LogP contribution is -2.27. The molecule has 134 valence electrons. The number of hydrogen-bond donors (Lipinski definition) is 1. The molecule has 0 spiro atoms. The molecule has 1 atom stereocenters. The summed E-state index contributed by atoms with van der Waals surface area (Å²) in [6, 6.07) is 10.7. The van der Waals surface area contributed by atoms with Crippen molar-refractivity contribution < 1.29 is 18.3 Å². The Balaban J connectivity index is 1.97.